The zero-order valence-electron chi connectivity index (χ0n) is 11.5. The number of hydrogen-bond acceptors (Lipinski definition) is 4. The number of ether oxygens (including phenoxy) is 1. The smallest absolute Gasteiger partial charge is 0.431 e. The molecule has 1 saturated carbocycles. The van der Waals surface area contributed by atoms with Crippen LogP contribution in [-0.4, -0.2) is 42.9 Å². The van der Waals surface area contributed by atoms with Crippen molar-refractivity contribution in [2.45, 2.75) is 55.7 Å². The molecule has 2 N–H and O–H groups in total. The SMILES string of the molecule is O=C(NC1CCCCC1)OCCC(F)(F)C(F)(F)S(=O)(=O)O. The third-order valence-corrected chi connectivity index (χ3v) is 4.27. The van der Waals surface area contributed by atoms with Crippen molar-refractivity contribution in [3.63, 3.8) is 0 Å². The highest BCUT2D eigenvalue weighted by Gasteiger charge is 2.65. The molecule has 0 bridgehead atoms. The van der Waals surface area contributed by atoms with Crippen molar-refractivity contribution in [1.82, 2.24) is 5.32 Å². The van der Waals surface area contributed by atoms with Gasteiger partial charge in [0.25, 0.3) is 0 Å². The molecule has 0 aromatic carbocycles. The van der Waals surface area contributed by atoms with E-state index in [0.29, 0.717) is 12.8 Å². The Morgan fingerprint density at radius 3 is 2.23 bits per heavy atom. The van der Waals surface area contributed by atoms with Gasteiger partial charge in [0.05, 0.1) is 13.0 Å². The first kappa shape index (κ1) is 18.9. The highest BCUT2D eigenvalue weighted by Crippen LogP contribution is 2.40. The van der Waals surface area contributed by atoms with E-state index in [0.717, 1.165) is 19.3 Å². The predicted molar refractivity (Wildman–Crippen MR) is 67.4 cm³/mol. The fourth-order valence-electron chi connectivity index (χ4n) is 2.06. The molecule has 0 radical (unpaired) electrons. The van der Waals surface area contributed by atoms with Crippen molar-refractivity contribution in [3.8, 4) is 0 Å². The summed E-state index contributed by atoms with van der Waals surface area (Å²) >= 11 is 0. The molecular formula is C11H17F4NO5S. The summed E-state index contributed by atoms with van der Waals surface area (Å²) in [6, 6.07) is -0.152. The van der Waals surface area contributed by atoms with Crippen molar-refractivity contribution in [3.05, 3.63) is 0 Å². The molecule has 1 amide bonds. The summed E-state index contributed by atoms with van der Waals surface area (Å²) in [5.41, 5.74) is 0. The average Bonchev–Trinajstić information content (AvgIpc) is 2.38. The Labute approximate surface area is 124 Å². The minimum Gasteiger partial charge on any atom is -0.449 e. The Morgan fingerprint density at radius 1 is 1.18 bits per heavy atom. The summed E-state index contributed by atoms with van der Waals surface area (Å²) in [6.07, 6.45) is 1.51. The molecule has 0 heterocycles. The van der Waals surface area contributed by atoms with Crippen molar-refractivity contribution in [2.24, 2.45) is 0 Å². The molecule has 0 aliphatic heterocycles. The van der Waals surface area contributed by atoms with Crippen LogP contribution in [0.25, 0.3) is 0 Å². The topological polar surface area (TPSA) is 92.7 Å². The van der Waals surface area contributed by atoms with Crippen LogP contribution in [0.15, 0.2) is 0 Å². The summed E-state index contributed by atoms with van der Waals surface area (Å²) < 4.78 is 84.9. The predicted octanol–water partition coefficient (Wildman–Crippen LogP) is 2.55. The maximum absolute atomic E-state index is 13.1. The van der Waals surface area contributed by atoms with Gasteiger partial charge in [-0.2, -0.15) is 26.0 Å². The molecule has 0 atom stereocenters. The van der Waals surface area contributed by atoms with Gasteiger partial charge in [0.1, 0.15) is 0 Å². The first-order chi connectivity index (χ1) is 9.97. The number of halogens is 4. The van der Waals surface area contributed by atoms with Crippen LogP contribution >= 0.6 is 0 Å². The quantitative estimate of drug-likeness (QED) is 0.567. The normalized spacial score (nSPS) is 18.0. The van der Waals surface area contributed by atoms with Crippen LogP contribution in [0.2, 0.25) is 0 Å². The average molecular weight is 351 g/mol. The molecule has 11 heteroatoms. The van der Waals surface area contributed by atoms with Gasteiger partial charge in [0.2, 0.25) is 0 Å². The minimum atomic E-state index is -6.27. The number of carbonyl (C=O) groups is 1. The molecule has 22 heavy (non-hydrogen) atoms. The summed E-state index contributed by atoms with van der Waals surface area (Å²) in [6.45, 7) is -1.11. The number of hydrogen-bond donors (Lipinski definition) is 2. The molecule has 1 fully saturated rings. The Balaban J connectivity index is 2.43. The van der Waals surface area contributed by atoms with Crippen LogP contribution in [0.1, 0.15) is 38.5 Å². The van der Waals surface area contributed by atoms with Crippen LogP contribution in [0.3, 0.4) is 0 Å². The third kappa shape index (κ3) is 4.70. The molecule has 6 nitrogen and oxygen atoms in total. The molecular weight excluding hydrogens is 334 g/mol. The third-order valence-electron chi connectivity index (χ3n) is 3.33. The highest BCUT2D eigenvalue weighted by atomic mass is 32.2. The van der Waals surface area contributed by atoms with E-state index in [2.05, 4.69) is 10.1 Å². The van der Waals surface area contributed by atoms with E-state index in [1.807, 2.05) is 0 Å². The first-order valence-electron chi connectivity index (χ1n) is 6.63. The molecule has 1 rings (SSSR count). The second kappa shape index (κ2) is 6.99. The van der Waals surface area contributed by atoms with Gasteiger partial charge in [0.15, 0.2) is 0 Å². The van der Waals surface area contributed by atoms with Gasteiger partial charge in [-0.15, -0.1) is 0 Å². The summed E-state index contributed by atoms with van der Waals surface area (Å²) in [5, 5.41) is -3.24. The van der Waals surface area contributed by atoms with Gasteiger partial charge in [-0.3, -0.25) is 4.55 Å². The zero-order valence-corrected chi connectivity index (χ0v) is 12.3. The summed E-state index contributed by atoms with van der Waals surface area (Å²) in [4.78, 5) is 11.3. The van der Waals surface area contributed by atoms with E-state index in [1.165, 1.54) is 0 Å². The Kier molecular flexibility index (Phi) is 6.02. The Bertz CT molecular complexity index is 491. The summed E-state index contributed by atoms with van der Waals surface area (Å²) in [5.74, 6) is -5.06. The van der Waals surface area contributed by atoms with Crippen LogP contribution in [0.5, 0.6) is 0 Å². The molecule has 1 aliphatic carbocycles. The second-order valence-corrected chi connectivity index (χ2v) is 6.52. The zero-order chi connectivity index (χ0) is 17.0. The van der Waals surface area contributed by atoms with Crippen molar-refractivity contribution in [2.75, 3.05) is 6.61 Å². The van der Waals surface area contributed by atoms with E-state index in [-0.39, 0.29) is 6.04 Å². The monoisotopic (exact) mass is 351 g/mol. The van der Waals surface area contributed by atoms with Crippen molar-refractivity contribution in [1.29, 1.82) is 0 Å². The van der Waals surface area contributed by atoms with E-state index in [1.54, 1.807) is 0 Å². The maximum atomic E-state index is 13.1. The minimum absolute atomic E-state index is 0.152. The largest absolute Gasteiger partial charge is 0.449 e. The van der Waals surface area contributed by atoms with Crippen molar-refractivity contribution >= 4 is 16.2 Å². The number of alkyl carbamates (subject to hydrolysis) is 1. The number of carbonyl (C=O) groups excluding carboxylic acids is 1. The van der Waals surface area contributed by atoms with Crippen LogP contribution < -0.4 is 5.32 Å². The van der Waals surface area contributed by atoms with Gasteiger partial charge in [-0.05, 0) is 12.8 Å². The number of rotatable bonds is 6. The lowest BCUT2D eigenvalue weighted by Gasteiger charge is -2.24. The second-order valence-electron chi connectivity index (χ2n) is 5.06. The lowest BCUT2D eigenvalue weighted by Crippen LogP contribution is -2.47. The molecule has 0 aromatic rings. The van der Waals surface area contributed by atoms with Gasteiger partial charge in [-0.1, -0.05) is 19.3 Å². The Morgan fingerprint density at radius 2 is 1.73 bits per heavy atom. The fourth-order valence-corrected chi connectivity index (χ4v) is 2.54. The molecule has 0 saturated heterocycles. The van der Waals surface area contributed by atoms with Crippen LogP contribution in [-0.2, 0) is 14.9 Å². The standard InChI is InChI=1S/C11H17F4NO5S/c12-10(13,11(14,15)22(18,19)20)6-7-21-9(17)16-8-4-2-1-3-5-8/h8H,1-7H2,(H,16,17)(H,18,19,20). The summed E-state index contributed by atoms with van der Waals surface area (Å²) in [7, 11) is -6.27. The maximum Gasteiger partial charge on any atom is 0.431 e. The number of nitrogens with one attached hydrogen (secondary N) is 1. The van der Waals surface area contributed by atoms with E-state index in [9.17, 15) is 30.8 Å². The molecule has 130 valence electrons. The lowest BCUT2D eigenvalue weighted by atomic mass is 9.96. The van der Waals surface area contributed by atoms with Crippen LogP contribution in [0, 0.1) is 0 Å². The number of alkyl halides is 4. The van der Waals surface area contributed by atoms with E-state index < -0.39 is 40.4 Å². The van der Waals surface area contributed by atoms with E-state index >= 15 is 0 Å². The van der Waals surface area contributed by atoms with Gasteiger partial charge >= 0.3 is 27.4 Å². The van der Waals surface area contributed by atoms with Gasteiger partial charge < -0.3 is 10.1 Å². The number of amides is 1. The van der Waals surface area contributed by atoms with Gasteiger partial charge in [-0.25, -0.2) is 4.79 Å². The van der Waals surface area contributed by atoms with Crippen molar-refractivity contribution < 1.29 is 40.1 Å². The van der Waals surface area contributed by atoms with E-state index in [4.69, 9.17) is 4.55 Å². The molecule has 1 aliphatic rings. The highest BCUT2D eigenvalue weighted by molar-refractivity contribution is 7.87. The Hall–Kier alpha value is -1.10. The molecule has 0 unspecified atom stereocenters. The van der Waals surface area contributed by atoms with Crippen LogP contribution in [0.4, 0.5) is 22.4 Å². The first-order valence-corrected chi connectivity index (χ1v) is 8.07. The van der Waals surface area contributed by atoms with Gasteiger partial charge in [0, 0.05) is 6.04 Å². The lowest BCUT2D eigenvalue weighted by molar-refractivity contribution is -0.168. The fraction of sp³-hybridized carbons (Fsp3) is 0.909. The molecule has 0 spiro atoms. The molecule has 0 aromatic heterocycles.